The standard InChI is InChI=1S/C50H64O8P2/c1-5-9-13-18-41-24-32-45(33-25-41)53-59(51,54-46-34-26-42(27-35-46)19-14-10-6-2)57-49-22-17-23-50(40-49)58-60(52,55-47-36-28-43(29-37-47)20-15-11-7-3)56-48-38-30-44(31-39-48)21-16-12-8-4/h17,22-40H,5-16,18-21H2,1-4H3. The van der Waals surface area contributed by atoms with E-state index in [1.807, 2.05) is 48.5 Å². The Morgan fingerprint density at radius 2 is 0.550 bits per heavy atom. The van der Waals surface area contributed by atoms with Crippen LogP contribution in [0.15, 0.2) is 121 Å². The second-order valence-electron chi connectivity index (χ2n) is 15.3. The molecule has 5 rings (SSSR count). The van der Waals surface area contributed by atoms with Crippen molar-refractivity contribution in [2.75, 3.05) is 0 Å². The second kappa shape index (κ2) is 24.6. The van der Waals surface area contributed by atoms with E-state index >= 15 is 0 Å². The number of rotatable bonds is 28. The van der Waals surface area contributed by atoms with Crippen LogP contribution in [0.4, 0.5) is 0 Å². The quantitative estimate of drug-likeness (QED) is 0.0363. The topological polar surface area (TPSA) is 89.5 Å². The molecule has 0 fully saturated rings. The molecule has 5 aromatic rings. The van der Waals surface area contributed by atoms with Crippen LogP contribution in [0.5, 0.6) is 34.5 Å². The van der Waals surface area contributed by atoms with Gasteiger partial charge in [0.25, 0.3) is 0 Å². The lowest BCUT2D eigenvalue weighted by molar-refractivity contribution is 0.295. The lowest BCUT2D eigenvalue weighted by Gasteiger charge is -2.21. The molecule has 0 atom stereocenters. The van der Waals surface area contributed by atoms with Crippen LogP contribution >= 0.6 is 15.6 Å². The molecule has 0 aliphatic rings. The fourth-order valence-electron chi connectivity index (χ4n) is 6.66. The van der Waals surface area contributed by atoms with Gasteiger partial charge in [0.05, 0.1) is 0 Å². The smallest absolute Gasteiger partial charge is 0.386 e. The highest BCUT2D eigenvalue weighted by atomic mass is 31.2. The first-order valence-electron chi connectivity index (χ1n) is 22.0. The predicted octanol–water partition coefficient (Wildman–Crippen LogP) is 15.9. The molecule has 0 aromatic heterocycles. The van der Waals surface area contributed by atoms with Crippen molar-refractivity contribution in [1.82, 2.24) is 0 Å². The fourth-order valence-corrected chi connectivity index (χ4v) is 9.15. The van der Waals surface area contributed by atoms with E-state index in [4.69, 9.17) is 27.1 Å². The molecule has 0 bridgehead atoms. The van der Waals surface area contributed by atoms with Crippen LogP contribution in [-0.4, -0.2) is 0 Å². The summed E-state index contributed by atoms with van der Waals surface area (Å²) in [6.45, 7) is 8.72. The van der Waals surface area contributed by atoms with Crippen LogP contribution < -0.4 is 27.1 Å². The zero-order valence-corrected chi connectivity index (χ0v) is 37.8. The van der Waals surface area contributed by atoms with Crippen LogP contribution in [0.1, 0.15) is 127 Å². The second-order valence-corrected chi connectivity index (χ2v) is 18.2. The molecule has 0 N–H and O–H groups in total. The van der Waals surface area contributed by atoms with Gasteiger partial charge in [0.2, 0.25) is 0 Å². The average molecular weight is 855 g/mol. The Labute approximate surface area is 359 Å². The third-order valence-electron chi connectivity index (χ3n) is 10.1. The van der Waals surface area contributed by atoms with Crippen molar-refractivity contribution < 1.29 is 36.3 Å². The molecule has 0 saturated carbocycles. The molecule has 0 aliphatic carbocycles. The van der Waals surface area contributed by atoms with Crippen LogP contribution in [0, 0.1) is 0 Å². The molecule has 0 saturated heterocycles. The Hall–Kier alpha value is -4.64. The first-order chi connectivity index (χ1) is 29.2. The normalized spacial score (nSPS) is 11.5. The Morgan fingerprint density at radius 1 is 0.317 bits per heavy atom. The molecule has 0 radical (unpaired) electrons. The highest BCUT2D eigenvalue weighted by Gasteiger charge is 2.36. The number of phosphoric acid groups is 2. The molecule has 5 aromatic carbocycles. The summed E-state index contributed by atoms with van der Waals surface area (Å²) in [5, 5.41) is 0. The summed E-state index contributed by atoms with van der Waals surface area (Å²) in [5.74, 6) is 1.53. The number of hydrogen-bond acceptors (Lipinski definition) is 8. The summed E-state index contributed by atoms with van der Waals surface area (Å²) in [4.78, 5) is 0. The van der Waals surface area contributed by atoms with Gasteiger partial charge in [-0.05, 0) is 134 Å². The Balaban J connectivity index is 1.38. The SMILES string of the molecule is CCCCCc1ccc(OP(=O)(Oc2ccc(CCCCC)cc2)Oc2cccc(OP(=O)(Oc3ccc(CCCCC)cc3)Oc3ccc(CCCCC)cc3)c2)cc1. The molecule has 0 spiro atoms. The number of hydrogen-bond donors (Lipinski definition) is 0. The molecule has 322 valence electrons. The highest BCUT2D eigenvalue weighted by molar-refractivity contribution is 7.50. The van der Waals surface area contributed by atoms with Crippen molar-refractivity contribution in [1.29, 1.82) is 0 Å². The first-order valence-corrected chi connectivity index (χ1v) is 25.0. The summed E-state index contributed by atoms with van der Waals surface area (Å²) < 4.78 is 65.6. The van der Waals surface area contributed by atoms with Crippen molar-refractivity contribution in [3.8, 4) is 34.5 Å². The van der Waals surface area contributed by atoms with Crippen molar-refractivity contribution in [2.24, 2.45) is 0 Å². The lowest BCUT2D eigenvalue weighted by Crippen LogP contribution is -2.09. The molecule has 8 nitrogen and oxygen atoms in total. The van der Waals surface area contributed by atoms with E-state index in [9.17, 15) is 9.13 Å². The Bertz CT molecular complexity index is 1800. The number of phosphoric ester groups is 2. The van der Waals surface area contributed by atoms with E-state index in [-0.39, 0.29) is 11.5 Å². The van der Waals surface area contributed by atoms with E-state index in [1.54, 1.807) is 66.7 Å². The van der Waals surface area contributed by atoms with Gasteiger partial charge in [-0.25, -0.2) is 0 Å². The van der Waals surface area contributed by atoms with Gasteiger partial charge >= 0.3 is 15.6 Å². The van der Waals surface area contributed by atoms with Gasteiger partial charge in [0.1, 0.15) is 34.5 Å². The molecule has 10 heteroatoms. The van der Waals surface area contributed by atoms with Gasteiger partial charge in [0, 0.05) is 6.07 Å². The van der Waals surface area contributed by atoms with Crippen molar-refractivity contribution >= 4 is 15.6 Å². The summed E-state index contributed by atoms with van der Waals surface area (Å²) in [6.07, 6.45) is 17.3. The van der Waals surface area contributed by atoms with E-state index in [1.165, 1.54) is 6.07 Å². The maximum atomic E-state index is 14.6. The zero-order valence-electron chi connectivity index (χ0n) is 36.0. The van der Waals surface area contributed by atoms with Crippen LogP contribution in [0.2, 0.25) is 0 Å². The van der Waals surface area contributed by atoms with E-state index in [0.717, 1.165) is 125 Å². The summed E-state index contributed by atoms with van der Waals surface area (Å²) >= 11 is 0. The van der Waals surface area contributed by atoms with E-state index < -0.39 is 15.6 Å². The van der Waals surface area contributed by atoms with Crippen molar-refractivity contribution in [3.63, 3.8) is 0 Å². The van der Waals surface area contributed by atoms with Gasteiger partial charge in [-0.3, -0.25) is 0 Å². The van der Waals surface area contributed by atoms with E-state index in [0.29, 0.717) is 23.0 Å². The number of unbranched alkanes of at least 4 members (excludes halogenated alkanes) is 8. The fraction of sp³-hybridized carbons (Fsp3) is 0.400. The summed E-state index contributed by atoms with van der Waals surface area (Å²) in [6, 6.07) is 36.2. The molecular weight excluding hydrogens is 790 g/mol. The van der Waals surface area contributed by atoms with Crippen molar-refractivity contribution in [2.45, 2.75) is 130 Å². The van der Waals surface area contributed by atoms with Gasteiger partial charge in [-0.15, -0.1) is 0 Å². The Morgan fingerprint density at radius 3 is 0.783 bits per heavy atom. The maximum absolute atomic E-state index is 14.6. The molecule has 0 amide bonds. The first kappa shape index (κ1) is 46.4. The van der Waals surface area contributed by atoms with Crippen LogP contribution in [0.3, 0.4) is 0 Å². The minimum absolute atomic E-state index is 0.0996. The summed E-state index contributed by atoms with van der Waals surface area (Å²) in [7, 11) is -8.73. The van der Waals surface area contributed by atoms with E-state index in [2.05, 4.69) is 27.7 Å². The molecule has 0 heterocycles. The third kappa shape index (κ3) is 16.1. The zero-order chi connectivity index (χ0) is 42.5. The number of aryl methyl sites for hydroxylation is 4. The van der Waals surface area contributed by atoms with Gasteiger partial charge in [-0.2, -0.15) is 9.13 Å². The molecule has 60 heavy (non-hydrogen) atoms. The van der Waals surface area contributed by atoms with Gasteiger partial charge < -0.3 is 27.1 Å². The van der Waals surface area contributed by atoms with Gasteiger partial charge in [0.15, 0.2) is 0 Å². The average Bonchev–Trinajstić information content (AvgIpc) is 3.24. The third-order valence-corrected chi connectivity index (χ3v) is 12.7. The van der Waals surface area contributed by atoms with Crippen LogP contribution in [0.25, 0.3) is 0 Å². The maximum Gasteiger partial charge on any atom is 0.647 e. The highest BCUT2D eigenvalue weighted by Crippen LogP contribution is 2.53. The molecular formula is C50H64O8P2. The Kier molecular flexibility index (Phi) is 19.0. The number of benzene rings is 5. The largest absolute Gasteiger partial charge is 0.647 e. The minimum atomic E-state index is -4.37. The molecule has 0 unspecified atom stereocenters. The van der Waals surface area contributed by atoms with Crippen LogP contribution in [-0.2, 0) is 34.8 Å². The predicted molar refractivity (Wildman–Crippen MR) is 244 cm³/mol. The monoisotopic (exact) mass is 854 g/mol. The van der Waals surface area contributed by atoms with Crippen molar-refractivity contribution in [3.05, 3.63) is 144 Å². The minimum Gasteiger partial charge on any atom is -0.386 e. The van der Waals surface area contributed by atoms with Gasteiger partial charge in [-0.1, -0.05) is 134 Å². The summed E-state index contributed by atoms with van der Waals surface area (Å²) in [5.41, 5.74) is 4.65. The lowest BCUT2D eigenvalue weighted by atomic mass is 10.1. The molecule has 0 aliphatic heterocycles.